The van der Waals surface area contributed by atoms with E-state index in [9.17, 15) is 4.79 Å². The van der Waals surface area contributed by atoms with E-state index in [1.54, 1.807) is 32.4 Å². The minimum Gasteiger partial charge on any atom is -0.497 e. The molecule has 0 aliphatic carbocycles. The summed E-state index contributed by atoms with van der Waals surface area (Å²) < 4.78 is 13.3. The third-order valence-corrected chi connectivity index (χ3v) is 8.82. The number of hydrogen-bond acceptors (Lipinski definition) is 5. The monoisotopic (exact) mass is 548 g/mol. The minimum atomic E-state index is -0.341. The van der Waals surface area contributed by atoms with Gasteiger partial charge in [0.25, 0.3) is 0 Å². The average molecular weight is 549 g/mol. The van der Waals surface area contributed by atoms with Crippen LogP contribution >= 0.6 is 22.9 Å². The van der Waals surface area contributed by atoms with Crippen LogP contribution in [0.25, 0.3) is 5.00 Å². The number of amides is 2. The van der Waals surface area contributed by atoms with Crippen LogP contribution in [0.15, 0.2) is 60.8 Å². The highest BCUT2D eigenvalue weighted by Gasteiger charge is 2.36. The van der Waals surface area contributed by atoms with E-state index in [4.69, 9.17) is 21.1 Å². The molecule has 0 saturated carbocycles. The quantitative estimate of drug-likeness (QED) is 0.323. The Kier molecular flexibility index (Phi) is 6.55. The molecule has 2 aliphatic rings. The second-order valence-corrected chi connectivity index (χ2v) is 11.2. The van der Waals surface area contributed by atoms with E-state index in [-0.39, 0.29) is 12.1 Å². The van der Waals surface area contributed by atoms with Gasteiger partial charge in [0, 0.05) is 34.7 Å². The van der Waals surface area contributed by atoms with Crippen molar-refractivity contribution in [3.8, 4) is 16.5 Å². The Bertz CT molecular complexity index is 1510. The third kappa shape index (κ3) is 4.32. The number of nitrogens with one attached hydrogen (secondary N) is 1. The van der Waals surface area contributed by atoms with Crippen molar-refractivity contribution >= 4 is 34.7 Å². The number of methoxy groups -OCH3 is 2. The first kappa shape index (κ1) is 24.9. The van der Waals surface area contributed by atoms with Crippen LogP contribution < -0.4 is 14.8 Å². The zero-order valence-corrected chi connectivity index (χ0v) is 23.1. The molecule has 0 spiro atoms. The Labute approximate surface area is 231 Å². The first-order valence-electron chi connectivity index (χ1n) is 12.5. The molecule has 38 heavy (non-hydrogen) atoms. The van der Waals surface area contributed by atoms with Crippen LogP contribution in [0.2, 0.25) is 5.02 Å². The molecule has 0 bridgehead atoms. The van der Waals surface area contributed by atoms with E-state index in [0.29, 0.717) is 23.0 Å². The number of urea groups is 1. The SMILES string of the molecule is COc1cccc([C@H]2c3cccn3-c3sc4c(c3CN2C(=O)Nc2cc(Cl)ccc2OC)CCN(C)C4)c1. The van der Waals surface area contributed by atoms with Crippen molar-refractivity contribution in [2.45, 2.75) is 25.6 Å². The molecule has 0 fully saturated rings. The van der Waals surface area contributed by atoms with Gasteiger partial charge in [-0.3, -0.25) is 0 Å². The molecule has 4 heterocycles. The van der Waals surface area contributed by atoms with E-state index in [0.717, 1.165) is 36.5 Å². The highest BCUT2D eigenvalue weighted by molar-refractivity contribution is 7.15. The predicted molar refractivity (Wildman–Crippen MR) is 151 cm³/mol. The number of ether oxygens (including phenoxy) is 2. The van der Waals surface area contributed by atoms with Gasteiger partial charge in [-0.15, -0.1) is 11.3 Å². The van der Waals surface area contributed by atoms with Gasteiger partial charge in [-0.2, -0.15) is 0 Å². The van der Waals surface area contributed by atoms with E-state index in [2.05, 4.69) is 46.2 Å². The number of likely N-dealkylation sites (N-methyl/N-ethyl adjacent to an activating group) is 1. The lowest BCUT2D eigenvalue weighted by Crippen LogP contribution is -2.38. The second kappa shape index (κ2) is 10.0. The Balaban J connectivity index is 1.50. The Morgan fingerprint density at radius 1 is 1.05 bits per heavy atom. The number of halogens is 1. The van der Waals surface area contributed by atoms with Crippen molar-refractivity contribution < 1.29 is 14.3 Å². The molecule has 2 aliphatic heterocycles. The summed E-state index contributed by atoms with van der Waals surface area (Å²) in [6.07, 6.45) is 3.07. The molecule has 4 aromatic rings. The van der Waals surface area contributed by atoms with Crippen LogP contribution in [-0.2, 0) is 19.5 Å². The van der Waals surface area contributed by atoms with Crippen molar-refractivity contribution in [1.29, 1.82) is 0 Å². The first-order chi connectivity index (χ1) is 18.5. The highest BCUT2D eigenvalue weighted by Crippen LogP contribution is 2.44. The zero-order valence-electron chi connectivity index (χ0n) is 21.5. The average Bonchev–Trinajstić information content (AvgIpc) is 3.50. The normalized spacial score (nSPS) is 16.7. The number of benzene rings is 2. The Morgan fingerprint density at radius 2 is 1.92 bits per heavy atom. The van der Waals surface area contributed by atoms with E-state index in [1.807, 2.05) is 34.4 Å². The molecule has 0 unspecified atom stereocenters. The van der Waals surface area contributed by atoms with Gasteiger partial charge >= 0.3 is 6.03 Å². The summed E-state index contributed by atoms with van der Waals surface area (Å²) in [6, 6.07) is 16.7. The fourth-order valence-electron chi connectivity index (χ4n) is 5.48. The summed E-state index contributed by atoms with van der Waals surface area (Å²) in [5, 5.41) is 4.80. The summed E-state index contributed by atoms with van der Waals surface area (Å²) in [6.45, 7) is 2.40. The number of aromatic nitrogens is 1. The van der Waals surface area contributed by atoms with Crippen LogP contribution in [0.4, 0.5) is 10.5 Å². The number of thiophene rings is 1. The number of rotatable bonds is 4. The molecular weight excluding hydrogens is 520 g/mol. The van der Waals surface area contributed by atoms with Crippen LogP contribution in [0.1, 0.15) is 33.3 Å². The molecule has 0 radical (unpaired) electrons. The predicted octanol–water partition coefficient (Wildman–Crippen LogP) is 6.33. The number of hydrogen-bond donors (Lipinski definition) is 1. The fraction of sp³-hybridized carbons (Fsp3) is 0.276. The summed E-state index contributed by atoms with van der Waals surface area (Å²) in [5.41, 5.74) is 5.11. The van der Waals surface area contributed by atoms with Crippen molar-refractivity contribution in [3.63, 3.8) is 0 Å². The lowest BCUT2D eigenvalue weighted by atomic mass is 10.00. The molecule has 2 aromatic carbocycles. The van der Waals surface area contributed by atoms with Crippen LogP contribution in [0, 0.1) is 0 Å². The lowest BCUT2D eigenvalue weighted by molar-refractivity contribution is 0.194. The van der Waals surface area contributed by atoms with Gasteiger partial charge in [-0.1, -0.05) is 23.7 Å². The van der Waals surface area contributed by atoms with Gasteiger partial charge < -0.3 is 29.2 Å². The molecule has 1 atom stereocenters. The summed E-state index contributed by atoms with van der Waals surface area (Å²) >= 11 is 8.12. The molecule has 2 aromatic heterocycles. The molecule has 7 nitrogen and oxygen atoms in total. The Hall–Kier alpha value is -3.46. The van der Waals surface area contributed by atoms with Crippen LogP contribution in [-0.4, -0.2) is 48.2 Å². The smallest absolute Gasteiger partial charge is 0.323 e. The lowest BCUT2D eigenvalue weighted by Gasteiger charge is -2.32. The maximum atomic E-state index is 14.2. The number of anilines is 1. The van der Waals surface area contributed by atoms with Gasteiger partial charge in [-0.05, 0) is 67.1 Å². The number of nitrogens with zero attached hydrogens (tertiary/aromatic N) is 3. The number of carbonyl (C=O) groups excluding carboxylic acids is 1. The molecule has 6 rings (SSSR count). The summed E-state index contributed by atoms with van der Waals surface area (Å²) in [7, 11) is 5.40. The molecular formula is C29H29ClN4O3S. The standard InChI is InChI=1S/C29H29ClN4O3S/c1-32-13-11-21-22-16-34(29(35)31-23-15-19(30)9-10-25(23)37-3)27(18-6-4-7-20(14-18)36-2)24-8-5-12-33(24)28(22)38-26(21)17-32/h4-10,12,14-15,27H,11,13,16-17H2,1-3H3,(H,31,35)/t27-/m0/s1. The van der Waals surface area contributed by atoms with E-state index >= 15 is 0 Å². The fourth-order valence-corrected chi connectivity index (χ4v) is 7.09. The Morgan fingerprint density at radius 3 is 2.74 bits per heavy atom. The van der Waals surface area contributed by atoms with Crippen molar-refractivity contribution in [1.82, 2.24) is 14.4 Å². The van der Waals surface area contributed by atoms with Gasteiger partial charge in [0.2, 0.25) is 0 Å². The highest BCUT2D eigenvalue weighted by atomic mass is 35.5. The largest absolute Gasteiger partial charge is 0.497 e. The second-order valence-electron chi connectivity index (χ2n) is 9.66. The van der Waals surface area contributed by atoms with Crippen molar-refractivity contribution in [3.05, 3.63) is 93.1 Å². The van der Waals surface area contributed by atoms with Gasteiger partial charge in [0.15, 0.2) is 0 Å². The number of fused-ring (bicyclic) bond motifs is 5. The van der Waals surface area contributed by atoms with Gasteiger partial charge in [0.05, 0.1) is 38.2 Å². The topological polar surface area (TPSA) is 59.0 Å². The van der Waals surface area contributed by atoms with Gasteiger partial charge in [0.1, 0.15) is 16.5 Å². The first-order valence-corrected chi connectivity index (χ1v) is 13.7. The maximum Gasteiger partial charge on any atom is 0.323 e. The van der Waals surface area contributed by atoms with Crippen molar-refractivity contribution in [2.24, 2.45) is 0 Å². The molecule has 2 amide bonds. The maximum absolute atomic E-state index is 14.2. The van der Waals surface area contributed by atoms with Gasteiger partial charge in [-0.25, -0.2) is 4.79 Å². The van der Waals surface area contributed by atoms with Crippen LogP contribution in [0.5, 0.6) is 11.5 Å². The van der Waals surface area contributed by atoms with E-state index in [1.165, 1.54) is 21.0 Å². The zero-order chi connectivity index (χ0) is 26.4. The third-order valence-electron chi connectivity index (χ3n) is 7.33. The van der Waals surface area contributed by atoms with Crippen molar-refractivity contribution in [2.75, 3.05) is 33.1 Å². The summed E-state index contributed by atoms with van der Waals surface area (Å²) in [5.74, 6) is 1.30. The molecule has 0 saturated heterocycles. The molecule has 9 heteroatoms. The van der Waals surface area contributed by atoms with Crippen LogP contribution in [0.3, 0.4) is 0 Å². The molecule has 1 N–H and O–H groups in total. The van der Waals surface area contributed by atoms with E-state index < -0.39 is 0 Å². The molecule has 196 valence electrons. The number of carbonyl (C=O) groups is 1. The summed E-state index contributed by atoms with van der Waals surface area (Å²) in [4.78, 5) is 19.8. The minimum absolute atomic E-state index is 0.230.